The zero-order valence-electron chi connectivity index (χ0n) is 21.2. The summed E-state index contributed by atoms with van der Waals surface area (Å²) in [7, 11) is 0. The molecule has 0 saturated heterocycles. The van der Waals surface area contributed by atoms with Gasteiger partial charge in [-0.25, -0.2) is 0 Å². The van der Waals surface area contributed by atoms with Crippen LogP contribution in [-0.2, 0) is 42.6 Å². The van der Waals surface area contributed by atoms with Gasteiger partial charge in [-0.1, -0.05) is 26.2 Å². The summed E-state index contributed by atoms with van der Waals surface area (Å²) in [6.07, 6.45) is 4.92. The fourth-order valence-corrected chi connectivity index (χ4v) is 2.53. The van der Waals surface area contributed by atoms with Crippen LogP contribution in [0.1, 0.15) is 39.5 Å². The van der Waals surface area contributed by atoms with Crippen LogP contribution in [-0.4, -0.2) is 119 Å². The van der Waals surface area contributed by atoms with E-state index in [1.54, 1.807) is 0 Å². The van der Waals surface area contributed by atoms with Crippen molar-refractivity contribution in [3.8, 4) is 0 Å². The largest absolute Gasteiger partial charge is 0.379 e. The van der Waals surface area contributed by atoms with Gasteiger partial charge in [-0.3, -0.25) is 0 Å². The van der Waals surface area contributed by atoms with Crippen molar-refractivity contribution in [1.82, 2.24) is 0 Å². The van der Waals surface area contributed by atoms with Crippen molar-refractivity contribution in [2.75, 3.05) is 119 Å². The van der Waals surface area contributed by atoms with Crippen molar-refractivity contribution in [3.63, 3.8) is 0 Å². The van der Waals surface area contributed by atoms with Gasteiger partial charge in [0.2, 0.25) is 0 Å². The Morgan fingerprint density at radius 3 is 0.818 bits per heavy atom. The summed E-state index contributed by atoms with van der Waals surface area (Å²) in [5.41, 5.74) is 0. The molecule has 0 aromatic rings. The molecule has 0 spiro atoms. The first-order valence-electron chi connectivity index (χ1n) is 12.6. The smallest absolute Gasteiger partial charge is 0.0701 e. The monoisotopic (exact) mass is 482 g/mol. The first-order chi connectivity index (χ1) is 16.4. The lowest BCUT2D eigenvalue weighted by atomic mass is 10.2. The molecule has 0 aromatic heterocycles. The van der Waals surface area contributed by atoms with E-state index in [2.05, 4.69) is 6.92 Å². The quantitative estimate of drug-likeness (QED) is 0.144. The Morgan fingerprint density at radius 1 is 0.273 bits per heavy atom. The van der Waals surface area contributed by atoms with E-state index < -0.39 is 0 Å². The van der Waals surface area contributed by atoms with Gasteiger partial charge in [0.25, 0.3) is 0 Å². The Labute approximate surface area is 201 Å². The second kappa shape index (κ2) is 31.6. The number of hydrogen-bond acceptors (Lipinski definition) is 9. The van der Waals surface area contributed by atoms with E-state index in [1.807, 2.05) is 6.92 Å². The van der Waals surface area contributed by atoms with Crippen LogP contribution in [0.5, 0.6) is 0 Å². The normalized spacial score (nSPS) is 11.5. The Kier molecular flexibility index (Phi) is 31.3. The average molecular weight is 483 g/mol. The van der Waals surface area contributed by atoms with E-state index in [9.17, 15) is 0 Å². The first-order valence-corrected chi connectivity index (χ1v) is 12.6. The molecule has 0 aromatic carbocycles. The zero-order chi connectivity index (χ0) is 23.9. The fourth-order valence-electron chi connectivity index (χ4n) is 2.53. The summed E-state index contributed by atoms with van der Waals surface area (Å²) in [5, 5.41) is 0. The average Bonchev–Trinajstić information content (AvgIpc) is 2.83. The molecule has 0 aliphatic rings. The molecular weight excluding hydrogens is 432 g/mol. The van der Waals surface area contributed by atoms with E-state index in [1.165, 1.54) is 19.3 Å². The van der Waals surface area contributed by atoms with Crippen LogP contribution < -0.4 is 0 Å². The van der Waals surface area contributed by atoms with Gasteiger partial charge in [-0.05, 0) is 13.3 Å². The van der Waals surface area contributed by atoms with Gasteiger partial charge < -0.3 is 42.6 Å². The first kappa shape index (κ1) is 32.6. The molecule has 0 radical (unpaired) electrons. The number of unbranched alkanes of at least 4 members (excludes halogenated alkanes) is 3. The molecule has 33 heavy (non-hydrogen) atoms. The predicted octanol–water partition coefficient (Wildman–Crippen LogP) is 2.74. The van der Waals surface area contributed by atoms with E-state index in [4.69, 9.17) is 42.6 Å². The molecule has 0 fully saturated rings. The SMILES string of the molecule is CCCCCCOCCOCCOCCOCCOCCOCCOCCOCCOCC. The highest BCUT2D eigenvalue weighted by atomic mass is 16.6. The van der Waals surface area contributed by atoms with E-state index in [0.717, 1.165) is 19.6 Å². The summed E-state index contributed by atoms with van der Waals surface area (Å²) < 4.78 is 48.7. The molecule has 200 valence electrons. The van der Waals surface area contributed by atoms with Gasteiger partial charge in [0.15, 0.2) is 0 Å². The minimum atomic E-state index is 0.542. The summed E-state index contributed by atoms with van der Waals surface area (Å²) in [6.45, 7) is 14.9. The van der Waals surface area contributed by atoms with Crippen LogP contribution in [0.3, 0.4) is 0 Å². The highest BCUT2D eigenvalue weighted by Crippen LogP contribution is 1.98. The third kappa shape index (κ3) is 31.6. The molecule has 0 aliphatic heterocycles. The Morgan fingerprint density at radius 2 is 0.545 bits per heavy atom. The highest BCUT2D eigenvalue weighted by molar-refractivity contribution is 4.40. The van der Waals surface area contributed by atoms with Gasteiger partial charge in [-0.15, -0.1) is 0 Å². The Balaban J connectivity index is 2.99. The summed E-state index contributed by atoms with van der Waals surface area (Å²) in [5.74, 6) is 0. The molecule has 9 nitrogen and oxygen atoms in total. The van der Waals surface area contributed by atoms with Gasteiger partial charge in [0, 0.05) is 13.2 Å². The van der Waals surface area contributed by atoms with Crippen LogP contribution in [0, 0.1) is 0 Å². The lowest BCUT2D eigenvalue weighted by molar-refractivity contribution is -0.0248. The number of hydrogen-bond donors (Lipinski definition) is 0. The maximum absolute atomic E-state index is 5.51. The molecule has 0 unspecified atom stereocenters. The molecular formula is C24H50O9. The van der Waals surface area contributed by atoms with Crippen molar-refractivity contribution in [1.29, 1.82) is 0 Å². The van der Waals surface area contributed by atoms with Gasteiger partial charge in [0.1, 0.15) is 0 Å². The predicted molar refractivity (Wildman–Crippen MR) is 127 cm³/mol. The minimum Gasteiger partial charge on any atom is -0.379 e. The maximum atomic E-state index is 5.51. The number of rotatable bonds is 30. The van der Waals surface area contributed by atoms with Crippen LogP contribution in [0.2, 0.25) is 0 Å². The van der Waals surface area contributed by atoms with Crippen LogP contribution >= 0.6 is 0 Å². The lowest BCUT2D eigenvalue weighted by Crippen LogP contribution is -2.15. The highest BCUT2D eigenvalue weighted by Gasteiger charge is 1.95. The summed E-state index contributed by atoms with van der Waals surface area (Å²) in [6, 6.07) is 0. The summed E-state index contributed by atoms with van der Waals surface area (Å²) >= 11 is 0. The fraction of sp³-hybridized carbons (Fsp3) is 1.00. The van der Waals surface area contributed by atoms with Crippen molar-refractivity contribution in [2.45, 2.75) is 39.5 Å². The Hall–Kier alpha value is -0.360. The molecule has 0 heterocycles. The number of ether oxygens (including phenoxy) is 9. The van der Waals surface area contributed by atoms with E-state index >= 15 is 0 Å². The molecule has 0 atom stereocenters. The van der Waals surface area contributed by atoms with Gasteiger partial charge >= 0.3 is 0 Å². The maximum Gasteiger partial charge on any atom is 0.0701 e. The van der Waals surface area contributed by atoms with Crippen molar-refractivity contribution in [2.24, 2.45) is 0 Å². The molecule has 0 bridgehead atoms. The molecule has 0 saturated carbocycles. The molecule has 0 N–H and O–H groups in total. The minimum absolute atomic E-state index is 0.542. The molecule has 0 aliphatic carbocycles. The second-order valence-electron chi connectivity index (χ2n) is 7.16. The van der Waals surface area contributed by atoms with Crippen LogP contribution in [0.15, 0.2) is 0 Å². The van der Waals surface area contributed by atoms with Gasteiger partial charge in [-0.2, -0.15) is 0 Å². The van der Waals surface area contributed by atoms with Gasteiger partial charge in [0.05, 0.1) is 106 Å². The molecule has 0 rings (SSSR count). The van der Waals surface area contributed by atoms with E-state index in [0.29, 0.717) is 106 Å². The zero-order valence-corrected chi connectivity index (χ0v) is 21.2. The second-order valence-corrected chi connectivity index (χ2v) is 7.16. The third-order valence-corrected chi connectivity index (χ3v) is 4.32. The van der Waals surface area contributed by atoms with Crippen LogP contribution in [0.4, 0.5) is 0 Å². The third-order valence-electron chi connectivity index (χ3n) is 4.32. The molecule has 9 heteroatoms. The van der Waals surface area contributed by atoms with Crippen molar-refractivity contribution >= 4 is 0 Å². The van der Waals surface area contributed by atoms with Crippen molar-refractivity contribution < 1.29 is 42.6 Å². The van der Waals surface area contributed by atoms with Crippen molar-refractivity contribution in [3.05, 3.63) is 0 Å². The molecule has 0 amide bonds. The standard InChI is InChI=1S/C24H50O9/c1-3-5-6-7-8-26-11-12-28-15-16-30-19-20-32-23-24-33-22-21-31-18-17-29-14-13-27-10-9-25-4-2/h3-24H2,1-2H3. The summed E-state index contributed by atoms with van der Waals surface area (Å²) in [4.78, 5) is 0. The lowest BCUT2D eigenvalue weighted by Gasteiger charge is -2.08. The Bertz CT molecular complexity index is 305. The van der Waals surface area contributed by atoms with E-state index in [-0.39, 0.29) is 0 Å². The topological polar surface area (TPSA) is 83.1 Å². The van der Waals surface area contributed by atoms with Crippen LogP contribution in [0.25, 0.3) is 0 Å².